The molecule has 92 valence electrons. The number of nitrogens with one attached hydrogen (secondary N) is 1. The molecule has 4 nitrogen and oxygen atoms in total. The molecule has 0 fully saturated rings. The minimum atomic E-state index is -0.0936. The van der Waals surface area contributed by atoms with Crippen molar-refractivity contribution in [2.24, 2.45) is 5.73 Å². The summed E-state index contributed by atoms with van der Waals surface area (Å²) < 4.78 is 5.44. The molecular formula is C11H13ClN2O2S. The molecule has 1 aromatic carbocycles. The first-order valence-electron chi connectivity index (χ1n) is 4.98. The van der Waals surface area contributed by atoms with Gasteiger partial charge in [-0.1, -0.05) is 29.9 Å². The monoisotopic (exact) mass is 272 g/mol. The SMILES string of the molecule is CNC(=O)CCOc1cccc(Cl)c1C(N)=S. The van der Waals surface area contributed by atoms with Gasteiger partial charge in [0.25, 0.3) is 0 Å². The van der Waals surface area contributed by atoms with E-state index in [0.29, 0.717) is 16.3 Å². The van der Waals surface area contributed by atoms with Crippen LogP contribution in [-0.4, -0.2) is 24.6 Å². The predicted molar refractivity (Wildman–Crippen MR) is 71.5 cm³/mol. The molecule has 0 saturated heterocycles. The van der Waals surface area contributed by atoms with Crippen molar-refractivity contribution in [3.05, 3.63) is 28.8 Å². The highest BCUT2D eigenvalue weighted by Gasteiger charge is 2.11. The molecule has 0 heterocycles. The van der Waals surface area contributed by atoms with E-state index < -0.39 is 0 Å². The van der Waals surface area contributed by atoms with Crippen molar-refractivity contribution in [3.63, 3.8) is 0 Å². The second-order valence-corrected chi connectivity index (χ2v) is 4.10. The molecule has 0 atom stereocenters. The van der Waals surface area contributed by atoms with Crippen molar-refractivity contribution >= 4 is 34.7 Å². The van der Waals surface area contributed by atoms with Crippen LogP contribution in [-0.2, 0) is 4.79 Å². The number of ether oxygens (including phenoxy) is 1. The van der Waals surface area contributed by atoms with Gasteiger partial charge >= 0.3 is 0 Å². The van der Waals surface area contributed by atoms with Crippen LogP contribution in [0, 0.1) is 0 Å². The quantitative estimate of drug-likeness (QED) is 0.797. The number of rotatable bonds is 5. The van der Waals surface area contributed by atoms with Crippen molar-refractivity contribution < 1.29 is 9.53 Å². The van der Waals surface area contributed by atoms with E-state index in [1.165, 1.54) is 0 Å². The van der Waals surface area contributed by atoms with Crippen LogP contribution < -0.4 is 15.8 Å². The van der Waals surface area contributed by atoms with Gasteiger partial charge in [-0.2, -0.15) is 0 Å². The van der Waals surface area contributed by atoms with Crippen LogP contribution in [0.5, 0.6) is 5.75 Å². The molecule has 0 unspecified atom stereocenters. The summed E-state index contributed by atoms with van der Waals surface area (Å²) in [7, 11) is 1.57. The maximum Gasteiger partial charge on any atom is 0.223 e. The zero-order valence-corrected chi connectivity index (χ0v) is 10.9. The molecule has 0 aromatic heterocycles. The van der Waals surface area contributed by atoms with E-state index in [1.54, 1.807) is 25.2 Å². The Hall–Kier alpha value is -1.33. The summed E-state index contributed by atoms with van der Waals surface area (Å²) in [6.07, 6.45) is 0.264. The molecule has 0 aliphatic carbocycles. The second kappa shape index (κ2) is 6.42. The molecule has 0 aliphatic heterocycles. The molecular weight excluding hydrogens is 260 g/mol. The largest absolute Gasteiger partial charge is 0.492 e. The minimum absolute atomic E-state index is 0.0936. The number of hydrogen-bond acceptors (Lipinski definition) is 3. The van der Waals surface area contributed by atoms with Gasteiger partial charge in [0, 0.05) is 7.05 Å². The minimum Gasteiger partial charge on any atom is -0.492 e. The highest BCUT2D eigenvalue weighted by Crippen LogP contribution is 2.26. The first kappa shape index (κ1) is 13.7. The van der Waals surface area contributed by atoms with E-state index in [1.807, 2.05) is 0 Å². The first-order chi connectivity index (χ1) is 8.06. The Balaban J connectivity index is 2.74. The van der Waals surface area contributed by atoms with Gasteiger partial charge in [-0.15, -0.1) is 0 Å². The number of amides is 1. The Morgan fingerprint density at radius 2 is 2.29 bits per heavy atom. The summed E-state index contributed by atoms with van der Waals surface area (Å²) in [6, 6.07) is 5.13. The van der Waals surface area contributed by atoms with Crippen LogP contribution in [0.3, 0.4) is 0 Å². The molecule has 0 radical (unpaired) electrons. The number of hydrogen-bond donors (Lipinski definition) is 2. The lowest BCUT2D eigenvalue weighted by molar-refractivity contribution is -0.121. The summed E-state index contributed by atoms with van der Waals surface area (Å²) in [6.45, 7) is 0.246. The number of carbonyl (C=O) groups excluding carboxylic acids is 1. The van der Waals surface area contributed by atoms with Gasteiger partial charge in [0.1, 0.15) is 10.7 Å². The Bertz CT molecular complexity index is 437. The molecule has 0 aliphatic rings. The average molecular weight is 273 g/mol. The van der Waals surface area contributed by atoms with E-state index in [-0.39, 0.29) is 23.9 Å². The third-order valence-corrected chi connectivity index (χ3v) is 2.61. The lowest BCUT2D eigenvalue weighted by Gasteiger charge is -2.11. The van der Waals surface area contributed by atoms with Gasteiger partial charge in [0.05, 0.1) is 23.6 Å². The molecule has 1 aromatic rings. The molecule has 0 saturated carbocycles. The second-order valence-electron chi connectivity index (χ2n) is 3.25. The highest BCUT2D eigenvalue weighted by molar-refractivity contribution is 7.80. The molecule has 0 spiro atoms. The summed E-state index contributed by atoms with van der Waals surface area (Å²) in [4.78, 5) is 11.2. The van der Waals surface area contributed by atoms with Crippen LogP contribution in [0.1, 0.15) is 12.0 Å². The number of benzene rings is 1. The van der Waals surface area contributed by atoms with Crippen molar-refractivity contribution in [2.45, 2.75) is 6.42 Å². The van der Waals surface area contributed by atoms with Gasteiger partial charge in [-0.05, 0) is 12.1 Å². The number of halogens is 1. The fourth-order valence-electron chi connectivity index (χ4n) is 1.24. The van der Waals surface area contributed by atoms with Crippen LogP contribution >= 0.6 is 23.8 Å². The van der Waals surface area contributed by atoms with Crippen LogP contribution in [0.25, 0.3) is 0 Å². The third-order valence-electron chi connectivity index (χ3n) is 2.09. The Labute approximate surface area is 110 Å². The topological polar surface area (TPSA) is 64.3 Å². The smallest absolute Gasteiger partial charge is 0.223 e. The third kappa shape index (κ3) is 3.87. The van der Waals surface area contributed by atoms with E-state index in [4.69, 9.17) is 34.3 Å². The zero-order chi connectivity index (χ0) is 12.8. The Morgan fingerprint density at radius 3 is 2.88 bits per heavy atom. The van der Waals surface area contributed by atoms with Gasteiger partial charge in [0.2, 0.25) is 5.91 Å². The normalized spacial score (nSPS) is 9.76. The van der Waals surface area contributed by atoms with Gasteiger partial charge < -0.3 is 15.8 Å². The fourth-order valence-corrected chi connectivity index (χ4v) is 1.78. The molecule has 17 heavy (non-hydrogen) atoms. The van der Waals surface area contributed by atoms with Crippen molar-refractivity contribution in [1.82, 2.24) is 5.32 Å². The van der Waals surface area contributed by atoms with Crippen molar-refractivity contribution in [1.29, 1.82) is 0 Å². The Morgan fingerprint density at radius 1 is 1.59 bits per heavy atom. The van der Waals surface area contributed by atoms with Crippen molar-refractivity contribution in [3.8, 4) is 5.75 Å². The maximum absolute atomic E-state index is 11.0. The van der Waals surface area contributed by atoms with Crippen LogP contribution in [0.4, 0.5) is 0 Å². The van der Waals surface area contributed by atoms with E-state index >= 15 is 0 Å². The molecule has 1 rings (SSSR count). The number of carbonyl (C=O) groups is 1. The maximum atomic E-state index is 11.0. The summed E-state index contributed by atoms with van der Waals surface area (Å²) in [5.41, 5.74) is 6.06. The van der Waals surface area contributed by atoms with Crippen LogP contribution in [0.2, 0.25) is 5.02 Å². The highest BCUT2D eigenvalue weighted by atomic mass is 35.5. The van der Waals surface area contributed by atoms with Gasteiger partial charge in [-0.25, -0.2) is 0 Å². The van der Waals surface area contributed by atoms with E-state index in [9.17, 15) is 4.79 Å². The molecule has 1 amide bonds. The Kier molecular flexibility index (Phi) is 5.18. The van der Waals surface area contributed by atoms with Gasteiger partial charge in [-0.3, -0.25) is 4.79 Å². The van der Waals surface area contributed by atoms with E-state index in [0.717, 1.165) is 0 Å². The number of nitrogens with two attached hydrogens (primary N) is 1. The standard InChI is InChI=1S/C11H13ClN2O2S/c1-14-9(15)5-6-16-8-4-2-3-7(12)10(8)11(13)17/h2-4H,5-6H2,1H3,(H2,13,17)(H,14,15). The van der Waals surface area contributed by atoms with Crippen molar-refractivity contribution in [2.75, 3.05) is 13.7 Å². The average Bonchev–Trinajstić information content (AvgIpc) is 2.28. The van der Waals surface area contributed by atoms with Crippen LogP contribution in [0.15, 0.2) is 18.2 Å². The molecule has 3 N–H and O–H groups in total. The zero-order valence-electron chi connectivity index (χ0n) is 9.33. The molecule has 0 bridgehead atoms. The lowest BCUT2D eigenvalue weighted by Crippen LogP contribution is -2.20. The number of thiocarbonyl (C=S) groups is 1. The summed E-state index contributed by atoms with van der Waals surface area (Å²) in [5, 5.41) is 2.94. The fraction of sp³-hybridized carbons (Fsp3) is 0.273. The summed E-state index contributed by atoms with van der Waals surface area (Å²) >= 11 is 10.9. The predicted octanol–water partition coefficient (Wildman–Crippen LogP) is 1.49. The lowest BCUT2D eigenvalue weighted by atomic mass is 10.2. The van der Waals surface area contributed by atoms with E-state index in [2.05, 4.69) is 5.32 Å². The van der Waals surface area contributed by atoms with Gasteiger partial charge in [0.15, 0.2) is 0 Å². The molecule has 6 heteroatoms. The summed E-state index contributed by atoms with van der Waals surface area (Å²) in [5.74, 6) is 0.401. The first-order valence-corrected chi connectivity index (χ1v) is 5.76.